The molecule has 0 bridgehead atoms. The lowest BCUT2D eigenvalue weighted by molar-refractivity contribution is 0.420. The van der Waals surface area contributed by atoms with Crippen LogP contribution in [-0.2, 0) is 6.54 Å². The molecule has 2 aromatic heterocycles. The highest BCUT2D eigenvalue weighted by Crippen LogP contribution is 2.29. The molecule has 96 valence electrons. The maximum absolute atomic E-state index is 5.38. The quantitative estimate of drug-likeness (QED) is 0.780. The van der Waals surface area contributed by atoms with Crippen LogP contribution in [0.4, 0.5) is 5.82 Å². The fourth-order valence-electron chi connectivity index (χ4n) is 2.08. The number of methoxy groups -OCH3 is 1. The number of thiophene rings is 1. The highest BCUT2D eigenvalue weighted by atomic mass is 32.1. The molecule has 3 rings (SSSR count). The van der Waals surface area contributed by atoms with Gasteiger partial charge in [-0.25, -0.2) is 4.98 Å². The van der Waals surface area contributed by atoms with Gasteiger partial charge in [0.1, 0.15) is 11.6 Å². The second kappa shape index (κ2) is 5.28. The fourth-order valence-corrected chi connectivity index (χ4v) is 2.74. The Morgan fingerprint density at radius 1 is 1.21 bits per heavy atom. The van der Waals surface area contributed by atoms with E-state index in [2.05, 4.69) is 33.2 Å². The van der Waals surface area contributed by atoms with Crippen LogP contribution in [0.2, 0.25) is 0 Å². The van der Waals surface area contributed by atoms with E-state index in [-0.39, 0.29) is 0 Å². The summed E-state index contributed by atoms with van der Waals surface area (Å²) in [6, 6.07) is 10.1. The van der Waals surface area contributed by atoms with Gasteiger partial charge < -0.3 is 10.1 Å². The van der Waals surface area contributed by atoms with Crippen molar-refractivity contribution in [3.63, 3.8) is 0 Å². The Bertz CT molecular complexity index is 680. The Kier molecular flexibility index (Phi) is 3.33. The van der Waals surface area contributed by atoms with Crippen molar-refractivity contribution in [2.75, 3.05) is 12.4 Å². The highest BCUT2D eigenvalue weighted by Gasteiger charge is 2.06. The van der Waals surface area contributed by atoms with E-state index < -0.39 is 0 Å². The van der Waals surface area contributed by atoms with Crippen molar-refractivity contribution in [3.8, 4) is 5.75 Å². The van der Waals surface area contributed by atoms with Gasteiger partial charge in [-0.2, -0.15) is 11.3 Å². The summed E-state index contributed by atoms with van der Waals surface area (Å²) in [4.78, 5) is 4.42. The molecule has 0 atom stereocenters. The van der Waals surface area contributed by atoms with E-state index in [0.29, 0.717) is 0 Å². The van der Waals surface area contributed by atoms with Crippen LogP contribution in [0.5, 0.6) is 5.75 Å². The lowest BCUT2D eigenvalue weighted by Crippen LogP contribution is -2.01. The van der Waals surface area contributed by atoms with Crippen LogP contribution in [0.15, 0.2) is 47.3 Å². The Labute approximate surface area is 115 Å². The number of aromatic nitrogens is 1. The van der Waals surface area contributed by atoms with Gasteiger partial charge in [0, 0.05) is 23.5 Å². The number of nitrogens with zero attached hydrogens (tertiary/aromatic N) is 1. The Balaban J connectivity index is 1.95. The van der Waals surface area contributed by atoms with E-state index in [4.69, 9.17) is 4.74 Å². The predicted molar refractivity (Wildman–Crippen MR) is 79.9 cm³/mol. The van der Waals surface area contributed by atoms with Crippen LogP contribution in [0.1, 0.15) is 5.56 Å². The van der Waals surface area contributed by atoms with Gasteiger partial charge in [0.25, 0.3) is 0 Å². The average Bonchev–Trinajstić information content (AvgIpc) is 2.97. The zero-order valence-electron chi connectivity index (χ0n) is 10.6. The zero-order valence-corrected chi connectivity index (χ0v) is 11.4. The first-order valence-electron chi connectivity index (χ1n) is 6.05. The van der Waals surface area contributed by atoms with E-state index in [0.717, 1.165) is 28.9 Å². The van der Waals surface area contributed by atoms with Gasteiger partial charge >= 0.3 is 0 Å². The summed E-state index contributed by atoms with van der Waals surface area (Å²) in [7, 11) is 1.69. The van der Waals surface area contributed by atoms with Gasteiger partial charge in [-0.3, -0.25) is 0 Å². The summed E-state index contributed by atoms with van der Waals surface area (Å²) in [5.41, 5.74) is 1.27. The molecule has 0 aliphatic rings. The van der Waals surface area contributed by atoms with E-state index in [9.17, 15) is 0 Å². The van der Waals surface area contributed by atoms with Gasteiger partial charge in [0.15, 0.2) is 0 Å². The van der Waals surface area contributed by atoms with Crippen LogP contribution < -0.4 is 10.1 Å². The molecule has 0 spiro atoms. The van der Waals surface area contributed by atoms with Crippen molar-refractivity contribution in [1.82, 2.24) is 4.98 Å². The molecule has 0 saturated heterocycles. The first kappa shape index (κ1) is 12.0. The van der Waals surface area contributed by atoms with Crippen molar-refractivity contribution in [2.45, 2.75) is 6.54 Å². The van der Waals surface area contributed by atoms with Gasteiger partial charge in [-0.15, -0.1) is 0 Å². The monoisotopic (exact) mass is 270 g/mol. The topological polar surface area (TPSA) is 34.1 Å². The number of nitrogens with one attached hydrogen (secondary N) is 1. The van der Waals surface area contributed by atoms with Crippen LogP contribution in [0, 0.1) is 0 Å². The van der Waals surface area contributed by atoms with Gasteiger partial charge in [0.05, 0.1) is 7.11 Å². The molecule has 1 N–H and O–H groups in total. The van der Waals surface area contributed by atoms with Crippen molar-refractivity contribution in [1.29, 1.82) is 0 Å². The third-order valence-corrected chi connectivity index (χ3v) is 3.76. The molecule has 0 aliphatic heterocycles. The summed E-state index contributed by atoms with van der Waals surface area (Å²) in [6.45, 7) is 0.785. The van der Waals surface area contributed by atoms with Gasteiger partial charge in [-0.05, 0) is 34.5 Å². The minimum atomic E-state index is 0.785. The predicted octanol–water partition coefficient (Wildman–Crippen LogP) is 3.92. The Morgan fingerprint density at radius 2 is 2.16 bits per heavy atom. The van der Waals surface area contributed by atoms with E-state index in [1.807, 2.05) is 18.2 Å². The van der Waals surface area contributed by atoms with E-state index in [1.165, 1.54) is 5.56 Å². The minimum Gasteiger partial charge on any atom is -0.496 e. The SMILES string of the molecule is COc1cccc2c(NCc3ccsc3)nccc12. The fraction of sp³-hybridized carbons (Fsp3) is 0.133. The number of anilines is 1. The average molecular weight is 270 g/mol. The molecule has 3 aromatic rings. The summed E-state index contributed by atoms with van der Waals surface area (Å²) in [5.74, 6) is 1.76. The maximum Gasteiger partial charge on any atom is 0.134 e. The largest absolute Gasteiger partial charge is 0.496 e. The van der Waals surface area contributed by atoms with Crippen molar-refractivity contribution < 1.29 is 4.74 Å². The standard InChI is InChI=1S/C15H14N2OS/c1-18-14-4-2-3-13-12(14)5-7-16-15(13)17-9-11-6-8-19-10-11/h2-8,10H,9H2,1H3,(H,16,17). The van der Waals surface area contributed by atoms with Crippen molar-refractivity contribution >= 4 is 27.9 Å². The van der Waals surface area contributed by atoms with Crippen LogP contribution in [0.3, 0.4) is 0 Å². The molecule has 0 saturated carbocycles. The van der Waals surface area contributed by atoms with Gasteiger partial charge in [-0.1, -0.05) is 12.1 Å². The number of rotatable bonds is 4. The molecule has 0 amide bonds. The third-order valence-electron chi connectivity index (χ3n) is 3.03. The minimum absolute atomic E-state index is 0.785. The molecule has 1 aromatic carbocycles. The molecule has 3 nitrogen and oxygen atoms in total. The van der Waals surface area contributed by atoms with Crippen LogP contribution in [0.25, 0.3) is 10.8 Å². The summed E-state index contributed by atoms with van der Waals surface area (Å²) in [5, 5.41) is 9.76. The van der Waals surface area contributed by atoms with E-state index in [1.54, 1.807) is 24.6 Å². The first-order valence-corrected chi connectivity index (χ1v) is 6.99. The molecular formula is C15H14N2OS. The number of fused-ring (bicyclic) bond motifs is 1. The van der Waals surface area contributed by atoms with E-state index >= 15 is 0 Å². The number of hydrogen-bond donors (Lipinski definition) is 1. The number of ether oxygens (including phenoxy) is 1. The number of benzene rings is 1. The zero-order chi connectivity index (χ0) is 13.1. The molecular weight excluding hydrogens is 256 g/mol. The highest BCUT2D eigenvalue weighted by molar-refractivity contribution is 7.07. The second-order valence-corrected chi connectivity index (χ2v) is 4.98. The molecule has 0 radical (unpaired) electrons. The van der Waals surface area contributed by atoms with Gasteiger partial charge in [0.2, 0.25) is 0 Å². The molecule has 0 aliphatic carbocycles. The maximum atomic E-state index is 5.38. The molecule has 2 heterocycles. The summed E-state index contributed by atoms with van der Waals surface area (Å²) >= 11 is 1.70. The Morgan fingerprint density at radius 3 is 2.95 bits per heavy atom. The smallest absolute Gasteiger partial charge is 0.134 e. The van der Waals surface area contributed by atoms with Crippen LogP contribution >= 0.6 is 11.3 Å². The Hall–Kier alpha value is -2.07. The molecule has 19 heavy (non-hydrogen) atoms. The number of pyridine rings is 1. The first-order chi connectivity index (χ1) is 9.38. The lowest BCUT2D eigenvalue weighted by atomic mass is 10.1. The van der Waals surface area contributed by atoms with Crippen molar-refractivity contribution in [3.05, 3.63) is 52.9 Å². The third kappa shape index (κ3) is 2.39. The van der Waals surface area contributed by atoms with Crippen LogP contribution in [-0.4, -0.2) is 12.1 Å². The summed E-state index contributed by atoms with van der Waals surface area (Å²) < 4.78 is 5.38. The normalized spacial score (nSPS) is 10.6. The van der Waals surface area contributed by atoms with Crippen molar-refractivity contribution in [2.24, 2.45) is 0 Å². The number of hydrogen-bond acceptors (Lipinski definition) is 4. The molecule has 0 unspecified atom stereocenters. The molecule has 4 heteroatoms. The molecule has 0 fully saturated rings. The second-order valence-electron chi connectivity index (χ2n) is 4.20. The summed E-state index contributed by atoms with van der Waals surface area (Å²) in [6.07, 6.45) is 1.81. The lowest BCUT2D eigenvalue weighted by Gasteiger charge is -2.10.